The first kappa shape index (κ1) is 12.5. The van der Waals surface area contributed by atoms with Crippen LogP contribution in [0.25, 0.3) is 0 Å². The van der Waals surface area contributed by atoms with Gasteiger partial charge >= 0.3 is 0 Å². The summed E-state index contributed by atoms with van der Waals surface area (Å²) in [4.78, 5) is 0. The van der Waals surface area contributed by atoms with Gasteiger partial charge in [-0.25, -0.2) is 8.78 Å². The smallest absolute Gasteiger partial charge is 0.159 e. The predicted octanol–water partition coefficient (Wildman–Crippen LogP) is 1.87. The molecule has 0 amide bonds. The normalized spacial score (nSPS) is 22.4. The lowest BCUT2D eigenvalue weighted by Crippen LogP contribution is -2.37. The number of nitrogens with one attached hydrogen (secondary N) is 1. The molecule has 0 saturated carbocycles. The van der Waals surface area contributed by atoms with Crippen LogP contribution in [0.5, 0.6) is 0 Å². The minimum absolute atomic E-state index is 0.205. The fraction of sp³-hybridized carbons (Fsp3) is 0.538. The topological polar surface area (TPSA) is 32.3 Å². The van der Waals surface area contributed by atoms with E-state index in [-0.39, 0.29) is 5.92 Å². The van der Waals surface area contributed by atoms with Crippen molar-refractivity contribution in [1.82, 2.24) is 5.32 Å². The van der Waals surface area contributed by atoms with Crippen molar-refractivity contribution in [3.05, 3.63) is 35.4 Å². The van der Waals surface area contributed by atoms with Crippen molar-refractivity contribution in [2.75, 3.05) is 13.1 Å². The molecule has 4 heteroatoms. The Morgan fingerprint density at radius 2 is 2.18 bits per heavy atom. The van der Waals surface area contributed by atoms with E-state index in [9.17, 15) is 13.9 Å². The number of hydrogen-bond acceptors (Lipinski definition) is 2. The second-order valence-corrected chi connectivity index (χ2v) is 4.63. The molecule has 1 fully saturated rings. The molecule has 1 aromatic carbocycles. The molecule has 1 aliphatic heterocycles. The van der Waals surface area contributed by atoms with Crippen molar-refractivity contribution in [3.63, 3.8) is 0 Å². The zero-order valence-corrected chi connectivity index (χ0v) is 9.63. The Morgan fingerprint density at radius 3 is 2.82 bits per heavy atom. The lowest BCUT2D eigenvalue weighted by Gasteiger charge is -2.27. The van der Waals surface area contributed by atoms with E-state index in [1.54, 1.807) is 0 Å². The Kier molecular flexibility index (Phi) is 4.07. The quantitative estimate of drug-likeness (QED) is 0.846. The van der Waals surface area contributed by atoms with E-state index >= 15 is 0 Å². The van der Waals surface area contributed by atoms with Gasteiger partial charge in [0.1, 0.15) is 0 Å². The van der Waals surface area contributed by atoms with Gasteiger partial charge in [-0.05, 0) is 49.4 Å². The summed E-state index contributed by atoms with van der Waals surface area (Å²) in [5.74, 6) is -1.49. The van der Waals surface area contributed by atoms with Gasteiger partial charge in [0.15, 0.2) is 11.6 Å². The average molecular weight is 241 g/mol. The Labute approximate surface area is 99.7 Å². The Morgan fingerprint density at radius 1 is 1.35 bits per heavy atom. The summed E-state index contributed by atoms with van der Waals surface area (Å²) in [6.07, 6.45) is 1.92. The van der Waals surface area contributed by atoms with E-state index in [0.29, 0.717) is 12.0 Å². The van der Waals surface area contributed by atoms with Crippen molar-refractivity contribution in [1.29, 1.82) is 0 Å². The van der Waals surface area contributed by atoms with Crippen LogP contribution in [0.2, 0.25) is 0 Å². The van der Waals surface area contributed by atoms with Gasteiger partial charge in [-0.1, -0.05) is 6.07 Å². The molecule has 2 N–H and O–H groups in total. The molecule has 0 radical (unpaired) electrons. The molecular formula is C13H17F2NO. The molecule has 2 nitrogen and oxygen atoms in total. The number of benzene rings is 1. The van der Waals surface area contributed by atoms with Gasteiger partial charge < -0.3 is 10.4 Å². The lowest BCUT2D eigenvalue weighted by molar-refractivity contribution is 0.0921. The molecule has 0 spiro atoms. The molecule has 1 saturated heterocycles. The summed E-state index contributed by atoms with van der Waals surface area (Å²) in [5.41, 5.74) is 0.641. The zero-order chi connectivity index (χ0) is 12.3. The molecule has 17 heavy (non-hydrogen) atoms. The Bertz CT molecular complexity index is 378. The Hall–Kier alpha value is -1.00. The number of halogens is 2. The number of aliphatic hydroxyl groups is 1. The Balaban J connectivity index is 1.96. The van der Waals surface area contributed by atoms with Crippen LogP contribution in [0.4, 0.5) is 8.78 Å². The first-order chi connectivity index (χ1) is 8.16. The molecule has 0 bridgehead atoms. The van der Waals surface area contributed by atoms with E-state index in [2.05, 4.69) is 5.32 Å². The van der Waals surface area contributed by atoms with Crippen LogP contribution in [0.3, 0.4) is 0 Å². The van der Waals surface area contributed by atoms with E-state index in [0.717, 1.165) is 38.1 Å². The second-order valence-electron chi connectivity index (χ2n) is 4.63. The SMILES string of the molecule is OC(Cc1ccc(F)c(F)c1)C1CCCNC1. The fourth-order valence-corrected chi connectivity index (χ4v) is 2.28. The van der Waals surface area contributed by atoms with Crippen molar-refractivity contribution in [2.45, 2.75) is 25.4 Å². The highest BCUT2D eigenvalue weighted by molar-refractivity contribution is 5.18. The first-order valence-electron chi connectivity index (χ1n) is 5.99. The van der Waals surface area contributed by atoms with Crippen molar-refractivity contribution in [3.8, 4) is 0 Å². The summed E-state index contributed by atoms with van der Waals surface area (Å²) in [7, 11) is 0. The van der Waals surface area contributed by atoms with Crippen molar-refractivity contribution >= 4 is 0 Å². The highest BCUT2D eigenvalue weighted by atomic mass is 19.2. The van der Waals surface area contributed by atoms with Crippen LogP contribution in [-0.4, -0.2) is 24.3 Å². The molecule has 94 valence electrons. The fourth-order valence-electron chi connectivity index (χ4n) is 2.28. The molecule has 1 aromatic rings. The molecule has 1 heterocycles. The molecule has 2 atom stereocenters. The minimum Gasteiger partial charge on any atom is -0.392 e. The third kappa shape index (κ3) is 3.23. The maximum Gasteiger partial charge on any atom is 0.159 e. The molecule has 0 aliphatic carbocycles. The van der Waals surface area contributed by atoms with E-state index < -0.39 is 17.7 Å². The number of aliphatic hydroxyl groups excluding tert-OH is 1. The molecule has 1 aliphatic rings. The number of piperidine rings is 1. The van der Waals surface area contributed by atoms with E-state index in [4.69, 9.17) is 0 Å². The van der Waals surface area contributed by atoms with Crippen molar-refractivity contribution < 1.29 is 13.9 Å². The summed E-state index contributed by atoms with van der Waals surface area (Å²) in [5, 5.41) is 13.3. The summed E-state index contributed by atoms with van der Waals surface area (Å²) in [6.45, 7) is 1.79. The van der Waals surface area contributed by atoms with E-state index in [1.165, 1.54) is 6.07 Å². The average Bonchev–Trinajstić information content (AvgIpc) is 2.35. The largest absolute Gasteiger partial charge is 0.392 e. The van der Waals surface area contributed by atoms with Crippen molar-refractivity contribution in [2.24, 2.45) is 5.92 Å². The van der Waals surface area contributed by atoms with Crippen LogP contribution in [-0.2, 0) is 6.42 Å². The van der Waals surface area contributed by atoms with Crippen LogP contribution in [0.1, 0.15) is 18.4 Å². The van der Waals surface area contributed by atoms with Gasteiger partial charge in [0.25, 0.3) is 0 Å². The molecular weight excluding hydrogens is 224 g/mol. The van der Waals surface area contributed by atoms with Crippen LogP contribution < -0.4 is 5.32 Å². The lowest BCUT2D eigenvalue weighted by atomic mass is 9.90. The molecule has 2 unspecified atom stereocenters. The minimum atomic E-state index is -0.850. The summed E-state index contributed by atoms with van der Waals surface area (Å²) in [6, 6.07) is 3.79. The molecule has 2 rings (SSSR count). The summed E-state index contributed by atoms with van der Waals surface area (Å²) < 4.78 is 25.7. The zero-order valence-electron chi connectivity index (χ0n) is 9.63. The summed E-state index contributed by atoms with van der Waals surface area (Å²) >= 11 is 0. The first-order valence-corrected chi connectivity index (χ1v) is 5.99. The standard InChI is InChI=1S/C13H17F2NO/c14-11-4-3-9(6-12(11)15)7-13(17)10-2-1-5-16-8-10/h3-4,6,10,13,16-17H,1-2,5,7-8H2. The van der Waals surface area contributed by atoms with Gasteiger partial charge in [-0.3, -0.25) is 0 Å². The van der Waals surface area contributed by atoms with Gasteiger partial charge in [0.2, 0.25) is 0 Å². The monoisotopic (exact) mass is 241 g/mol. The van der Waals surface area contributed by atoms with Gasteiger partial charge in [0.05, 0.1) is 6.10 Å². The maximum absolute atomic E-state index is 13.0. The van der Waals surface area contributed by atoms with Crippen LogP contribution >= 0.6 is 0 Å². The highest BCUT2D eigenvalue weighted by Crippen LogP contribution is 2.19. The number of hydrogen-bond donors (Lipinski definition) is 2. The van der Waals surface area contributed by atoms with Gasteiger partial charge in [-0.15, -0.1) is 0 Å². The van der Waals surface area contributed by atoms with Crippen LogP contribution in [0, 0.1) is 17.6 Å². The molecule has 0 aromatic heterocycles. The highest BCUT2D eigenvalue weighted by Gasteiger charge is 2.21. The van der Waals surface area contributed by atoms with Gasteiger partial charge in [-0.2, -0.15) is 0 Å². The van der Waals surface area contributed by atoms with Gasteiger partial charge in [0, 0.05) is 6.54 Å². The maximum atomic E-state index is 13.0. The van der Waals surface area contributed by atoms with Crippen LogP contribution in [0.15, 0.2) is 18.2 Å². The van der Waals surface area contributed by atoms with E-state index in [1.807, 2.05) is 0 Å². The number of rotatable bonds is 3. The second kappa shape index (κ2) is 5.56. The predicted molar refractivity (Wildman–Crippen MR) is 61.7 cm³/mol. The third-order valence-electron chi connectivity index (χ3n) is 3.31. The third-order valence-corrected chi connectivity index (χ3v) is 3.31.